The summed E-state index contributed by atoms with van der Waals surface area (Å²) in [5, 5.41) is 3.62. The molecule has 2 heterocycles. The van der Waals surface area contributed by atoms with Crippen molar-refractivity contribution in [2.45, 2.75) is 51.0 Å². The number of hydrogen-bond acceptors (Lipinski definition) is 4. The van der Waals surface area contributed by atoms with Crippen LogP contribution < -0.4 is 5.32 Å². The average molecular weight is 475 g/mol. The summed E-state index contributed by atoms with van der Waals surface area (Å²) in [6.07, 6.45) is 6.90. The number of likely N-dealkylation sites (tertiary alicyclic amines) is 1. The first-order valence-corrected chi connectivity index (χ1v) is 12.8. The third kappa shape index (κ3) is 5.87. The van der Waals surface area contributed by atoms with Gasteiger partial charge in [-0.3, -0.25) is 19.3 Å². The second-order valence-electron chi connectivity index (χ2n) is 9.43. The Labute approximate surface area is 201 Å². The molecule has 1 atom stereocenters. The summed E-state index contributed by atoms with van der Waals surface area (Å²) in [6, 6.07) is 7.02. The molecule has 2 aliphatic heterocycles. The first-order valence-electron chi connectivity index (χ1n) is 12.4. The number of hydrogen-bond donors (Lipinski definition) is 1. The minimum absolute atomic E-state index is 0.0430. The molecule has 4 rings (SSSR count). The van der Waals surface area contributed by atoms with E-state index in [-0.39, 0.29) is 23.8 Å². The quantitative estimate of drug-likeness (QED) is 0.588. The fourth-order valence-electron chi connectivity index (χ4n) is 5.49. The molecule has 3 amide bonds. The lowest BCUT2D eigenvalue weighted by Crippen LogP contribution is -2.58. The molecule has 1 aromatic rings. The highest BCUT2D eigenvalue weighted by atomic mass is 35.5. The zero-order valence-electron chi connectivity index (χ0n) is 19.3. The second kappa shape index (κ2) is 11.3. The first kappa shape index (κ1) is 24.0. The van der Waals surface area contributed by atoms with Crippen LogP contribution in [0.5, 0.6) is 0 Å². The van der Waals surface area contributed by atoms with Crippen LogP contribution in [-0.2, 0) is 9.59 Å². The van der Waals surface area contributed by atoms with Crippen LogP contribution in [0.4, 0.5) is 0 Å². The van der Waals surface area contributed by atoms with E-state index in [1.54, 1.807) is 12.1 Å². The Bertz CT molecular complexity index is 850. The number of amides is 3. The molecule has 1 aliphatic carbocycles. The Morgan fingerprint density at radius 1 is 1.03 bits per heavy atom. The molecule has 2 saturated heterocycles. The number of nitrogens with one attached hydrogen (secondary N) is 1. The van der Waals surface area contributed by atoms with Crippen LogP contribution in [0.3, 0.4) is 0 Å². The lowest BCUT2D eigenvalue weighted by Gasteiger charge is -2.40. The number of halogens is 1. The lowest BCUT2D eigenvalue weighted by molar-refractivity contribution is -0.129. The van der Waals surface area contributed by atoms with Gasteiger partial charge < -0.3 is 15.1 Å². The van der Waals surface area contributed by atoms with Crippen molar-refractivity contribution in [1.29, 1.82) is 0 Å². The topological polar surface area (TPSA) is 73.0 Å². The van der Waals surface area contributed by atoms with Crippen molar-refractivity contribution in [1.82, 2.24) is 20.0 Å². The lowest BCUT2D eigenvalue weighted by atomic mass is 9.95. The Kier molecular flexibility index (Phi) is 8.25. The first-order chi connectivity index (χ1) is 16.0. The van der Waals surface area contributed by atoms with Gasteiger partial charge in [0, 0.05) is 52.2 Å². The average Bonchev–Trinajstić information content (AvgIpc) is 3.49. The summed E-state index contributed by atoms with van der Waals surface area (Å²) in [7, 11) is 0. The molecule has 0 spiro atoms. The largest absolute Gasteiger partial charge is 0.355 e. The van der Waals surface area contributed by atoms with Crippen molar-refractivity contribution < 1.29 is 14.4 Å². The minimum atomic E-state index is -0.140. The standard InChI is InChI=1S/C25H35ClN4O3/c26-21-10-4-3-9-20(21)25(33)30-17-15-29(16-18-30)23(19-7-1-2-8-19)24(32)27-12-6-14-28-13-5-11-22(28)31/h3-4,9-10,19,23H,1-2,5-8,11-18H2,(H,27,32). The third-order valence-electron chi connectivity index (χ3n) is 7.29. The molecule has 0 bridgehead atoms. The van der Waals surface area contributed by atoms with E-state index in [2.05, 4.69) is 10.2 Å². The van der Waals surface area contributed by atoms with Gasteiger partial charge >= 0.3 is 0 Å². The maximum atomic E-state index is 13.2. The molecule has 1 aromatic carbocycles. The van der Waals surface area contributed by atoms with Crippen molar-refractivity contribution in [2.24, 2.45) is 5.92 Å². The van der Waals surface area contributed by atoms with Crippen LogP contribution >= 0.6 is 11.6 Å². The molecule has 33 heavy (non-hydrogen) atoms. The van der Waals surface area contributed by atoms with Gasteiger partial charge in [0.25, 0.3) is 5.91 Å². The number of carbonyl (C=O) groups excluding carboxylic acids is 3. The molecule has 7 nitrogen and oxygen atoms in total. The molecule has 8 heteroatoms. The van der Waals surface area contributed by atoms with Gasteiger partial charge in [0.2, 0.25) is 11.8 Å². The highest BCUT2D eigenvalue weighted by Crippen LogP contribution is 2.31. The van der Waals surface area contributed by atoms with Gasteiger partial charge in [-0.15, -0.1) is 0 Å². The summed E-state index contributed by atoms with van der Waals surface area (Å²) < 4.78 is 0. The highest BCUT2D eigenvalue weighted by molar-refractivity contribution is 6.33. The smallest absolute Gasteiger partial charge is 0.255 e. The van der Waals surface area contributed by atoms with Crippen molar-refractivity contribution in [3.05, 3.63) is 34.9 Å². The van der Waals surface area contributed by atoms with E-state index in [1.807, 2.05) is 21.9 Å². The fourth-order valence-corrected chi connectivity index (χ4v) is 5.70. The second-order valence-corrected chi connectivity index (χ2v) is 9.83. The van der Waals surface area contributed by atoms with Crippen molar-refractivity contribution in [3.8, 4) is 0 Å². The number of piperazine rings is 1. The van der Waals surface area contributed by atoms with E-state index in [0.29, 0.717) is 55.6 Å². The fraction of sp³-hybridized carbons (Fsp3) is 0.640. The minimum Gasteiger partial charge on any atom is -0.355 e. The summed E-state index contributed by atoms with van der Waals surface area (Å²) >= 11 is 6.22. The molecular weight excluding hydrogens is 440 g/mol. The third-order valence-corrected chi connectivity index (χ3v) is 7.62. The van der Waals surface area contributed by atoms with Crippen LogP contribution in [0.2, 0.25) is 5.02 Å². The summed E-state index contributed by atoms with van der Waals surface area (Å²) in [5.74, 6) is 0.657. The predicted molar refractivity (Wildman–Crippen MR) is 128 cm³/mol. The summed E-state index contributed by atoms with van der Waals surface area (Å²) in [6.45, 7) is 4.72. The van der Waals surface area contributed by atoms with Crippen molar-refractivity contribution >= 4 is 29.3 Å². The highest BCUT2D eigenvalue weighted by Gasteiger charge is 2.37. The predicted octanol–water partition coefficient (Wildman–Crippen LogP) is 2.79. The van der Waals surface area contributed by atoms with Gasteiger partial charge in [0.15, 0.2) is 0 Å². The van der Waals surface area contributed by atoms with E-state index >= 15 is 0 Å². The summed E-state index contributed by atoms with van der Waals surface area (Å²) in [4.78, 5) is 43.9. The van der Waals surface area contributed by atoms with Gasteiger partial charge in [0.05, 0.1) is 16.6 Å². The Hall–Kier alpha value is -2.12. The molecule has 180 valence electrons. The van der Waals surface area contributed by atoms with Crippen LogP contribution in [0.15, 0.2) is 24.3 Å². The zero-order valence-corrected chi connectivity index (χ0v) is 20.1. The Balaban J connectivity index is 1.30. The molecule has 0 aromatic heterocycles. The molecule has 3 aliphatic rings. The van der Waals surface area contributed by atoms with Gasteiger partial charge in [0.1, 0.15) is 0 Å². The van der Waals surface area contributed by atoms with Gasteiger partial charge in [-0.2, -0.15) is 0 Å². The van der Waals surface area contributed by atoms with E-state index in [0.717, 1.165) is 38.8 Å². The molecule has 1 saturated carbocycles. The number of rotatable bonds is 8. The maximum absolute atomic E-state index is 13.2. The monoisotopic (exact) mass is 474 g/mol. The van der Waals surface area contributed by atoms with Gasteiger partial charge in [-0.25, -0.2) is 0 Å². The molecule has 1 N–H and O–H groups in total. The van der Waals surface area contributed by atoms with Crippen LogP contribution in [-0.4, -0.2) is 84.3 Å². The molecule has 3 fully saturated rings. The number of carbonyl (C=O) groups is 3. The SMILES string of the molecule is O=C(NCCCN1CCCC1=O)C(C1CCCC1)N1CCN(C(=O)c2ccccc2Cl)CC1. The Morgan fingerprint density at radius 3 is 2.42 bits per heavy atom. The van der Waals surface area contributed by atoms with E-state index in [1.165, 1.54) is 12.8 Å². The molecule has 1 unspecified atom stereocenters. The molecule has 0 radical (unpaired) electrons. The molecular formula is C25H35ClN4O3. The van der Waals surface area contributed by atoms with Crippen molar-refractivity contribution in [3.63, 3.8) is 0 Å². The number of nitrogens with zero attached hydrogens (tertiary/aromatic N) is 3. The van der Waals surface area contributed by atoms with Crippen LogP contribution in [0.25, 0.3) is 0 Å². The van der Waals surface area contributed by atoms with E-state index in [9.17, 15) is 14.4 Å². The van der Waals surface area contributed by atoms with E-state index in [4.69, 9.17) is 11.6 Å². The van der Waals surface area contributed by atoms with Crippen LogP contribution in [0, 0.1) is 5.92 Å². The maximum Gasteiger partial charge on any atom is 0.255 e. The van der Waals surface area contributed by atoms with Crippen molar-refractivity contribution in [2.75, 3.05) is 45.8 Å². The normalized spacial score (nSPS) is 20.9. The Morgan fingerprint density at radius 2 is 1.76 bits per heavy atom. The van der Waals surface area contributed by atoms with Gasteiger partial charge in [-0.05, 0) is 43.7 Å². The van der Waals surface area contributed by atoms with Crippen LogP contribution in [0.1, 0.15) is 55.3 Å². The van der Waals surface area contributed by atoms with E-state index < -0.39 is 0 Å². The summed E-state index contributed by atoms with van der Waals surface area (Å²) in [5.41, 5.74) is 0.536. The van der Waals surface area contributed by atoms with Gasteiger partial charge in [-0.1, -0.05) is 36.6 Å². The zero-order chi connectivity index (χ0) is 23.2. The number of benzene rings is 1.